The molecule has 0 N–H and O–H groups in total. The van der Waals surface area contributed by atoms with Crippen LogP contribution in [0.5, 0.6) is 0 Å². The molecular formula is C7H4ClNO. The summed E-state index contributed by atoms with van der Waals surface area (Å²) in [4.78, 5) is 3.89. The Morgan fingerprint density at radius 2 is 2.20 bits per heavy atom. The van der Waals surface area contributed by atoms with Gasteiger partial charge in [-0.05, 0) is 0 Å². The van der Waals surface area contributed by atoms with E-state index in [2.05, 4.69) is 4.98 Å². The van der Waals surface area contributed by atoms with Gasteiger partial charge in [-0.2, -0.15) is 0 Å². The fourth-order valence-electron chi connectivity index (χ4n) is 0.854. The maximum absolute atomic E-state index is 5.78. The summed E-state index contributed by atoms with van der Waals surface area (Å²) in [6.07, 6.45) is 6.54. The van der Waals surface area contributed by atoms with Gasteiger partial charge >= 0.3 is 0 Å². The standard InChI is InChI=1S/C7H4ClNO/c8-7-2-9-1-5-3-10-4-6(5)7/h1-4H. The van der Waals surface area contributed by atoms with Crippen LogP contribution in [0.25, 0.3) is 10.8 Å². The third-order valence-corrected chi connectivity index (χ3v) is 1.65. The van der Waals surface area contributed by atoms with E-state index in [-0.39, 0.29) is 0 Å². The third kappa shape index (κ3) is 0.693. The molecule has 0 amide bonds. The molecule has 0 atom stereocenters. The topological polar surface area (TPSA) is 26.0 Å². The second-order valence-corrected chi connectivity index (χ2v) is 2.40. The summed E-state index contributed by atoms with van der Waals surface area (Å²) in [5.74, 6) is 0. The summed E-state index contributed by atoms with van der Waals surface area (Å²) in [7, 11) is 0. The monoisotopic (exact) mass is 153 g/mol. The van der Waals surface area contributed by atoms with Crippen molar-refractivity contribution in [2.75, 3.05) is 0 Å². The molecule has 0 saturated carbocycles. The van der Waals surface area contributed by atoms with E-state index in [4.69, 9.17) is 16.0 Å². The van der Waals surface area contributed by atoms with E-state index >= 15 is 0 Å². The van der Waals surface area contributed by atoms with Crippen LogP contribution in [0.2, 0.25) is 5.02 Å². The zero-order valence-electron chi connectivity index (χ0n) is 5.04. The van der Waals surface area contributed by atoms with Crippen molar-refractivity contribution in [3.8, 4) is 0 Å². The minimum atomic E-state index is 0.631. The van der Waals surface area contributed by atoms with Crippen molar-refractivity contribution >= 4 is 22.4 Å². The fourth-order valence-corrected chi connectivity index (χ4v) is 1.06. The van der Waals surface area contributed by atoms with E-state index in [0.717, 1.165) is 10.8 Å². The Balaban J connectivity index is 2.95. The lowest BCUT2D eigenvalue weighted by Crippen LogP contribution is -1.69. The summed E-state index contributed by atoms with van der Waals surface area (Å²) in [6.45, 7) is 0. The van der Waals surface area contributed by atoms with Crippen molar-refractivity contribution < 1.29 is 4.42 Å². The molecule has 2 aromatic rings. The van der Waals surface area contributed by atoms with Crippen LogP contribution in [0.4, 0.5) is 0 Å². The molecule has 0 unspecified atom stereocenters. The summed E-state index contributed by atoms with van der Waals surface area (Å²) < 4.78 is 4.92. The van der Waals surface area contributed by atoms with Crippen LogP contribution < -0.4 is 0 Å². The number of pyridine rings is 1. The van der Waals surface area contributed by atoms with E-state index in [9.17, 15) is 0 Å². The molecule has 0 bridgehead atoms. The second-order valence-electron chi connectivity index (χ2n) is 2.00. The van der Waals surface area contributed by atoms with Crippen LogP contribution in [-0.4, -0.2) is 4.98 Å². The van der Waals surface area contributed by atoms with Crippen LogP contribution in [0.1, 0.15) is 0 Å². The van der Waals surface area contributed by atoms with Gasteiger partial charge in [-0.25, -0.2) is 0 Å². The zero-order chi connectivity index (χ0) is 6.97. The largest absolute Gasteiger partial charge is 0.471 e. The molecule has 0 saturated heterocycles. The highest BCUT2D eigenvalue weighted by atomic mass is 35.5. The zero-order valence-corrected chi connectivity index (χ0v) is 5.80. The van der Waals surface area contributed by atoms with Gasteiger partial charge in [0.05, 0.1) is 17.5 Å². The first-order valence-corrected chi connectivity index (χ1v) is 3.21. The first-order valence-electron chi connectivity index (χ1n) is 2.83. The van der Waals surface area contributed by atoms with Crippen molar-refractivity contribution in [2.24, 2.45) is 0 Å². The van der Waals surface area contributed by atoms with Gasteiger partial charge < -0.3 is 4.42 Å². The van der Waals surface area contributed by atoms with Gasteiger partial charge in [-0.1, -0.05) is 11.6 Å². The van der Waals surface area contributed by atoms with Crippen molar-refractivity contribution in [3.63, 3.8) is 0 Å². The lowest BCUT2D eigenvalue weighted by molar-refractivity contribution is 0.572. The number of hydrogen-bond donors (Lipinski definition) is 0. The molecule has 0 aromatic carbocycles. The number of furan rings is 1. The van der Waals surface area contributed by atoms with Crippen LogP contribution in [0.15, 0.2) is 29.3 Å². The number of halogens is 1. The fraction of sp³-hybridized carbons (Fsp3) is 0. The molecule has 0 aliphatic rings. The average Bonchev–Trinajstić information content (AvgIpc) is 2.36. The maximum Gasteiger partial charge on any atom is 0.0997 e. The van der Waals surface area contributed by atoms with Crippen molar-refractivity contribution in [2.45, 2.75) is 0 Å². The van der Waals surface area contributed by atoms with E-state index in [1.807, 2.05) is 0 Å². The van der Waals surface area contributed by atoms with Gasteiger partial charge in [0, 0.05) is 23.2 Å². The molecule has 0 aliphatic heterocycles. The van der Waals surface area contributed by atoms with Gasteiger partial charge in [-0.15, -0.1) is 0 Å². The van der Waals surface area contributed by atoms with Crippen molar-refractivity contribution in [3.05, 3.63) is 29.9 Å². The molecule has 2 nitrogen and oxygen atoms in total. The second kappa shape index (κ2) is 1.99. The van der Waals surface area contributed by atoms with E-state index < -0.39 is 0 Å². The smallest absolute Gasteiger partial charge is 0.0997 e. The number of rotatable bonds is 0. The Morgan fingerprint density at radius 1 is 1.30 bits per heavy atom. The molecule has 0 radical (unpaired) electrons. The van der Waals surface area contributed by atoms with E-state index in [1.165, 1.54) is 0 Å². The predicted octanol–water partition coefficient (Wildman–Crippen LogP) is 2.48. The molecule has 50 valence electrons. The van der Waals surface area contributed by atoms with Gasteiger partial charge in [-0.3, -0.25) is 4.98 Å². The molecule has 0 spiro atoms. The first-order chi connectivity index (χ1) is 4.88. The molecule has 10 heavy (non-hydrogen) atoms. The van der Waals surface area contributed by atoms with Gasteiger partial charge in [0.25, 0.3) is 0 Å². The lowest BCUT2D eigenvalue weighted by Gasteiger charge is -1.87. The molecule has 0 aliphatic carbocycles. The van der Waals surface area contributed by atoms with Crippen LogP contribution in [0, 0.1) is 0 Å². The van der Waals surface area contributed by atoms with Crippen LogP contribution in [-0.2, 0) is 0 Å². The van der Waals surface area contributed by atoms with Crippen LogP contribution >= 0.6 is 11.6 Å². The number of aromatic nitrogens is 1. The minimum absolute atomic E-state index is 0.631. The van der Waals surface area contributed by atoms with Crippen molar-refractivity contribution in [1.29, 1.82) is 0 Å². The van der Waals surface area contributed by atoms with Gasteiger partial charge in [0.1, 0.15) is 0 Å². The highest BCUT2D eigenvalue weighted by molar-refractivity contribution is 6.35. The Hall–Kier alpha value is -1.02. The quantitative estimate of drug-likeness (QED) is 0.581. The Bertz CT molecular complexity index is 355. The Morgan fingerprint density at radius 3 is 3.00 bits per heavy atom. The molecular weight excluding hydrogens is 150 g/mol. The maximum atomic E-state index is 5.78. The third-order valence-electron chi connectivity index (χ3n) is 1.35. The predicted molar refractivity (Wildman–Crippen MR) is 39.0 cm³/mol. The normalized spacial score (nSPS) is 10.5. The van der Waals surface area contributed by atoms with E-state index in [1.54, 1.807) is 24.9 Å². The molecule has 2 aromatic heterocycles. The molecule has 0 fully saturated rings. The first kappa shape index (κ1) is 5.74. The summed E-state index contributed by atoms with van der Waals surface area (Å²) >= 11 is 5.78. The Labute approximate surface area is 62.4 Å². The van der Waals surface area contributed by atoms with Crippen LogP contribution in [0.3, 0.4) is 0 Å². The summed E-state index contributed by atoms with van der Waals surface area (Å²) in [6, 6.07) is 0. The van der Waals surface area contributed by atoms with Crippen molar-refractivity contribution in [1.82, 2.24) is 4.98 Å². The van der Waals surface area contributed by atoms with Gasteiger partial charge in [0.15, 0.2) is 0 Å². The summed E-state index contributed by atoms with van der Waals surface area (Å²) in [5.41, 5.74) is 0. The number of hydrogen-bond acceptors (Lipinski definition) is 2. The molecule has 2 heterocycles. The van der Waals surface area contributed by atoms with Gasteiger partial charge in [0.2, 0.25) is 0 Å². The SMILES string of the molecule is Clc1cncc2cocc12. The summed E-state index contributed by atoms with van der Waals surface area (Å²) in [5, 5.41) is 2.48. The molecule has 3 heteroatoms. The number of fused-ring (bicyclic) bond motifs is 1. The number of nitrogens with zero attached hydrogens (tertiary/aromatic N) is 1. The average molecular weight is 154 g/mol. The Kier molecular flexibility index (Phi) is 1.14. The lowest BCUT2D eigenvalue weighted by atomic mass is 10.3. The molecule has 2 rings (SSSR count). The highest BCUT2D eigenvalue weighted by Crippen LogP contribution is 2.21. The van der Waals surface area contributed by atoms with E-state index in [0.29, 0.717) is 5.02 Å². The minimum Gasteiger partial charge on any atom is -0.471 e. The highest BCUT2D eigenvalue weighted by Gasteiger charge is 1.98.